The van der Waals surface area contributed by atoms with E-state index in [1.165, 1.54) is 20.0 Å². The van der Waals surface area contributed by atoms with Gasteiger partial charge in [0.15, 0.2) is 5.69 Å². The number of carbonyl (C=O) groups is 1. The smallest absolute Gasteiger partial charge is 0.416 e. The van der Waals surface area contributed by atoms with Gasteiger partial charge in [-0.1, -0.05) is 6.07 Å². The van der Waals surface area contributed by atoms with Gasteiger partial charge in [-0.25, -0.2) is 8.78 Å². The van der Waals surface area contributed by atoms with E-state index in [4.69, 9.17) is 9.15 Å². The predicted octanol–water partition coefficient (Wildman–Crippen LogP) is 6.17. The van der Waals surface area contributed by atoms with Crippen LogP contribution in [0.2, 0.25) is 0 Å². The van der Waals surface area contributed by atoms with Gasteiger partial charge < -0.3 is 19.8 Å². The van der Waals surface area contributed by atoms with E-state index in [0.29, 0.717) is 5.56 Å². The van der Waals surface area contributed by atoms with Gasteiger partial charge in [-0.15, -0.1) is 0 Å². The minimum absolute atomic E-state index is 0.0462. The Hall–Kier alpha value is -3.63. The maximum absolute atomic E-state index is 14.0. The zero-order chi connectivity index (χ0) is 24.6. The third kappa shape index (κ3) is 4.97. The van der Waals surface area contributed by atoms with Crippen molar-refractivity contribution in [1.29, 1.82) is 0 Å². The van der Waals surface area contributed by atoms with Crippen LogP contribution in [0.1, 0.15) is 58.9 Å². The lowest BCUT2D eigenvalue weighted by Crippen LogP contribution is -2.27. The summed E-state index contributed by atoms with van der Waals surface area (Å²) < 4.78 is 78.0. The van der Waals surface area contributed by atoms with Crippen LogP contribution in [-0.4, -0.2) is 17.9 Å². The fourth-order valence-electron chi connectivity index (χ4n) is 3.47. The zero-order valence-corrected chi connectivity index (χ0v) is 18.1. The fraction of sp³-hybridized carbons (Fsp3) is 0.304. The van der Waals surface area contributed by atoms with Gasteiger partial charge in [-0.3, -0.25) is 4.79 Å². The number of halogens is 5. The molecule has 1 aliphatic carbocycles. The molecule has 1 atom stereocenters. The van der Waals surface area contributed by atoms with Crippen LogP contribution in [0.5, 0.6) is 11.8 Å². The number of anilines is 1. The first-order valence-electron chi connectivity index (χ1n) is 10.4. The van der Waals surface area contributed by atoms with Crippen molar-refractivity contribution in [3.63, 3.8) is 0 Å². The molecule has 1 amide bonds. The quantitative estimate of drug-likeness (QED) is 0.395. The molecule has 1 heterocycles. The Kier molecular flexibility index (Phi) is 6.20. The van der Waals surface area contributed by atoms with E-state index >= 15 is 0 Å². The van der Waals surface area contributed by atoms with Crippen LogP contribution < -0.4 is 15.4 Å². The molecule has 1 unspecified atom stereocenters. The van der Waals surface area contributed by atoms with E-state index in [-0.39, 0.29) is 28.6 Å². The normalized spacial score (nSPS) is 14.6. The summed E-state index contributed by atoms with van der Waals surface area (Å²) in [6, 6.07) is 4.62. The monoisotopic (exact) mass is 481 g/mol. The van der Waals surface area contributed by atoms with Crippen LogP contribution >= 0.6 is 0 Å². The van der Waals surface area contributed by atoms with Gasteiger partial charge in [0.2, 0.25) is 0 Å². The molecule has 3 aromatic rings. The molecule has 1 aliphatic rings. The van der Waals surface area contributed by atoms with Gasteiger partial charge in [0.1, 0.15) is 29.3 Å². The van der Waals surface area contributed by atoms with Crippen LogP contribution in [0.25, 0.3) is 0 Å². The van der Waals surface area contributed by atoms with Gasteiger partial charge in [-0.2, -0.15) is 18.2 Å². The topological polar surface area (TPSA) is 76.4 Å². The average Bonchev–Trinajstić information content (AvgIpc) is 3.50. The molecule has 4 rings (SSSR count). The summed E-state index contributed by atoms with van der Waals surface area (Å²) in [5, 5.41) is 4.94. The highest BCUT2D eigenvalue weighted by molar-refractivity contribution is 5.92. The molecule has 11 heteroatoms. The summed E-state index contributed by atoms with van der Waals surface area (Å²) in [4.78, 5) is 16.4. The van der Waals surface area contributed by atoms with Crippen molar-refractivity contribution in [1.82, 2.24) is 10.3 Å². The van der Waals surface area contributed by atoms with Crippen LogP contribution in [0, 0.1) is 11.6 Å². The van der Waals surface area contributed by atoms with Crippen LogP contribution in [0.15, 0.2) is 41.0 Å². The summed E-state index contributed by atoms with van der Waals surface area (Å²) >= 11 is 0. The highest BCUT2D eigenvalue weighted by Gasteiger charge is 2.34. The molecule has 34 heavy (non-hydrogen) atoms. The van der Waals surface area contributed by atoms with E-state index in [1.54, 1.807) is 0 Å². The molecule has 2 aromatic carbocycles. The summed E-state index contributed by atoms with van der Waals surface area (Å²) in [6.07, 6.45) is -2.32. The molecule has 0 radical (unpaired) electrons. The molecule has 6 nitrogen and oxygen atoms in total. The number of nitrogens with zero attached hydrogens (tertiary/aromatic N) is 1. The lowest BCUT2D eigenvalue weighted by Gasteiger charge is -2.15. The number of alkyl halides is 3. The van der Waals surface area contributed by atoms with Gasteiger partial charge in [0.25, 0.3) is 5.91 Å². The first kappa shape index (κ1) is 23.5. The van der Waals surface area contributed by atoms with Gasteiger partial charge >= 0.3 is 12.3 Å². The Balaban J connectivity index is 1.49. The molecule has 0 spiro atoms. The molecule has 0 aliphatic heterocycles. The first-order valence-corrected chi connectivity index (χ1v) is 10.4. The third-order valence-corrected chi connectivity index (χ3v) is 5.43. The molecule has 180 valence electrons. The predicted molar refractivity (Wildman–Crippen MR) is 112 cm³/mol. The van der Waals surface area contributed by atoms with Crippen LogP contribution in [0.4, 0.5) is 27.6 Å². The van der Waals surface area contributed by atoms with Gasteiger partial charge in [0.05, 0.1) is 11.6 Å². The molecule has 1 fully saturated rings. The van der Waals surface area contributed by atoms with Crippen LogP contribution in [0.3, 0.4) is 0 Å². The SMILES string of the molecule is CNc1c(F)cc(C(C)NC(=O)c2coc(Oc3cc(C(F)(F)F)ccc3C3CC3)n2)cc1F. The Morgan fingerprint density at radius 2 is 1.85 bits per heavy atom. The van der Waals surface area contributed by atoms with Crippen molar-refractivity contribution in [3.05, 3.63) is 70.6 Å². The standard InChI is InChI=1S/C23H20F5N3O3/c1-11(13-7-16(24)20(29-2)17(25)8-13)30-21(32)18-10-33-22(31-18)34-19-9-14(23(26,27)28)5-6-15(19)12-3-4-12/h5-12,29H,3-4H2,1-2H3,(H,30,32). The zero-order valence-electron chi connectivity index (χ0n) is 18.1. The number of rotatable bonds is 7. The number of nitrogens with one attached hydrogen (secondary N) is 2. The third-order valence-electron chi connectivity index (χ3n) is 5.43. The number of hydrogen-bond acceptors (Lipinski definition) is 5. The molecule has 0 saturated heterocycles. The van der Waals surface area contributed by atoms with Crippen molar-refractivity contribution in [2.75, 3.05) is 12.4 Å². The van der Waals surface area contributed by atoms with E-state index < -0.39 is 41.4 Å². The Labute approximate surface area is 191 Å². The van der Waals surface area contributed by atoms with Crippen molar-refractivity contribution >= 4 is 11.6 Å². The number of aromatic nitrogens is 1. The Bertz CT molecular complexity index is 1200. The second-order valence-electron chi connectivity index (χ2n) is 7.93. The minimum atomic E-state index is -4.55. The Morgan fingerprint density at radius 3 is 2.44 bits per heavy atom. The van der Waals surface area contributed by atoms with Crippen molar-refractivity contribution in [2.45, 2.75) is 37.9 Å². The largest absolute Gasteiger partial charge is 0.416 e. The van der Waals surface area contributed by atoms with Crippen LogP contribution in [-0.2, 0) is 6.18 Å². The van der Waals surface area contributed by atoms with Gasteiger partial charge in [-0.05, 0) is 61.1 Å². The highest BCUT2D eigenvalue weighted by Crippen LogP contribution is 2.46. The molecular formula is C23H20F5N3O3. The van der Waals surface area contributed by atoms with Crippen molar-refractivity contribution in [2.24, 2.45) is 0 Å². The molecular weight excluding hydrogens is 461 g/mol. The second kappa shape index (κ2) is 8.96. The van der Waals surface area contributed by atoms with E-state index in [2.05, 4.69) is 15.6 Å². The van der Waals surface area contributed by atoms with E-state index in [1.807, 2.05) is 0 Å². The maximum atomic E-state index is 14.0. The first-order chi connectivity index (χ1) is 16.1. The number of carbonyl (C=O) groups excluding carboxylic acids is 1. The number of oxazole rings is 1. The minimum Gasteiger partial charge on any atom is -0.416 e. The number of benzene rings is 2. The average molecular weight is 481 g/mol. The lowest BCUT2D eigenvalue weighted by atomic mass is 10.1. The molecule has 1 saturated carbocycles. The lowest BCUT2D eigenvalue weighted by molar-refractivity contribution is -0.137. The van der Waals surface area contributed by atoms with E-state index in [0.717, 1.165) is 43.4 Å². The van der Waals surface area contributed by atoms with E-state index in [9.17, 15) is 26.7 Å². The molecule has 2 N–H and O–H groups in total. The van der Waals surface area contributed by atoms with Crippen molar-refractivity contribution < 1.29 is 35.9 Å². The fourth-order valence-corrected chi connectivity index (χ4v) is 3.47. The number of ether oxygens (including phenoxy) is 1. The second-order valence-corrected chi connectivity index (χ2v) is 7.93. The highest BCUT2D eigenvalue weighted by atomic mass is 19.4. The summed E-state index contributed by atoms with van der Waals surface area (Å²) in [6.45, 7) is 1.52. The summed E-state index contributed by atoms with van der Waals surface area (Å²) in [5.74, 6) is -2.32. The summed E-state index contributed by atoms with van der Waals surface area (Å²) in [5.41, 5.74) is -0.607. The summed E-state index contributed by atoms with van der Waals surface area (Å²) in [7, 11) is 1.38. The number of amides is 1. The number of hydrogen-bond donors (Lipinski definition) is 2. The Morgan fingerprint density at radius 1 is 1.18 bits per heavy atom. The molecule has 0 bridgehead atoms. The van der Waals surface area contributed by atoms with Crippen molar-refractivity contribution in [3.8, 4) is 11.8 Å². The van der Waals surface area contributed by atoms with Gasteiger partial charge in [0, 0.05) is 7.05 Å². The maximum Gasteiger partial charge on any atom is 0.416 e. The molecule has 1 aromatic heterocycles.